The zero-order chi connectivity index (χ0) is 25.8. The third-order valence-electron chi connectivity index (χ3n) is 6.05. The highest BCUT2D eigenvalue weighted by Crippen LogP contribution is 2.30. The van der Waals surface area contributed by atoms with Gasteiger partial charge in [-0.25, -0.2) is 14.5 Å². The molecule has 0 aliphatic carbocycles. The predicted octanol–water partition coefficient (Wildman–Crippen LogP) is 6.06. The molecule has 0 fully saturated rings. The Morgan fingerprint density at radius 3 is 2.32 bits per heavy atom. The molecule has 0 atom stereocenters. The fraction of sp³-hybridized carbons (Fsp3) is 0.0667. The Morgan fingerprint density at radius 2 is 1.65 bits per heavy atom. The van der Waals surface area contributed by atoms with Gasteiger partial charge >= 0.3 is 5.97 Å². The van der Waals surface area contributed by atoms with Crippen molar-refractivity contribution in [1.82, 2.24) is 14.8 Å². The topological polar surface area (TPSA) is 101 Å². The summed E-state index contributed by atoms with van der Waals surface area (Å²) in [6.45, 7) is 2.08. The Balaban J connectivity index is 1.35. The lowest BCUT2D eigenvalue weighted by Crippen LogP contribution is -2.05. The molecule has 0 unspecified atom stereocenters. The van der Waals surface area contributed by atoms with Gasteiger partial charge in [0.1, 0.15) is 17.9 Å². The average Bonchev–Trinajstić information content (AvgIpc) is 3.34. The van der Waals surface area contributed by atoms with Gasteiger partial charge in [-0.15, -0.1) is 0 Å². The van der Waals surface area contributed by atoms with Crippen LogP contribution in [-0.2, 0) is 6.61 Å². The lowest BCUT2D eigenvalue weighted by atomic mass is 10.0. The highest BCUT2D eigenvalue weighted by atomic mass is 16.5. The van der Waals surface area contributed by atoms with Crippen LogP contribution in [0.1, 0.15) is 27.2 Å². The summed E-state index contributed by atoms with van der Waals surface area (Å²) in [5.74, 6) is 0.186. The summed E-state index contributed by atoms with van der Waals surface area (Å²) in [4.78, 5) is 16.1. The maximum Gasteiger partial charge on any atom is 0.339 e. The van der Waals surface area contributed by atoms with E-state index in [1.807, 2.05) is 84.9 Å². The van der Waals surface area contributed by atoms with Crippen LogP contribution in [0.4, 0.5) is 0 Å². The van der Waals surface area contributed by atoms with E-state index in [4.69, 9.17) is 15.0 Å². The van der Waals surface area contributed by atoms with E-state index in [0.29, 0.717) is 35.1 Å². The van der Waals surface area contributed by atoms with E-state index < -0.39 is 5.97 Å². The summed E-state index contributed by atoms with van der Waals surface area (Å²) in [6, 6.07) is 31.0. The van der Waals surface area contributed by atoms with Crippen LogP contribution in [-0.4, -0.2) is 25.8 Å². The van der Waals surface area contributed by atoms with Crippen molar-refractivity contribution in [1.29, 1.82) is 5.26 Å². The minimum atomic E-state index is -1.02. The molecular formula is C30H22N4O3. The summed E-state index contributed by atoms with van der Waals surface area (Å²) in [5.41, 5.74) is 5.92. The first-order chi connectivity index (χ1) is 18.0. The predicted molar refractivity (Wildman–Crippen MR) is 139 cm³/mol. The number of nitrogens with zero attached hydrogens (tertiary/aromatic N) is 4. The Bertz CT molecular complexity index is 1610. The van der Waals surface area contributed by atoms with Crippen molar-refractivity contribution < 1.29 is 14.6 Å². The zero-order valence-electron chi connectivity index (χ0n) is 20.0. The van der Waals surface area contributed by atoms with Crippen LogP contribution in [0.15, 0.2) is 97.2 Å². The third-order valence-corrected chi connectivity index (χ3v) is 6.05. The van der Waals surface area contributed by atoms with Gasteiger partial charge in [0.15, 0.2) is 5.82 Å². The first-order valence-electron chi connectivity index (χ1n) is 11.6. The van der Waals surface area contributed by atoms with E-state index in [0.717, 1.165) is 22.3 Å². The maximum absolute atomic E-state index is 11.4. The minimum absolute atomic E-state index is 0.140. The number of para-hydroxylation sites is 1. The summed E-state index contributed by atoms with van der Waals surface area (Å²) >= 11 is 0. The molecule has 0 amide bonds. The Kier molecular flexibility index (Phi) is 6.47. The summed E-state index contributed by atoms with van der Waals surface area (Å²) in [5, 5.41) is 22.5. The van der Waals surface area contributed by atoms with Crippen molar-refractivity contribution >= 4 is 5.97 Å². The van der Waals surface area contributed by atoms with Gasteiger partial charge in [0.2, 0.25) is 0 Å². The zero-order valence-corrected chi connectivity index (χ0v) is 20.0. The summed E-state index contributed by atoms with van der Waals surface area (Å²) in [6.07, 6.45) is 1.33. The Labute approximate surface area is 213 Å². The molecule has 7 nitrogen and oxygen atoms in total. The van der Waals surface area contributed by atoms with Crippen LogP contribution in [0.2, 0.25) is 0 Å². The number of aromatic carboxylic acids is 1. The number of nitriles is 1. The van der Waals surface area contributed by atoms with Gasteiger partial charge in [-0.05, 0) is 60.0 Å². The van der Waals surface area contributed by atoms with Crippen molar-refractivity contribution in [2.75, 3.05) is 0 Å². The van der Waals surface area contributed by atoms with Gasteiger partial charge in [-0.2, -0.15) is 10.4 Å². The normalized spacial score (nSPS) is 10.6. The van der Waals surface area contributed by atoms with Crippen molar-refractivity contribution in [2.45, 2.75) is 13.5 Å². The molecule has 0 spiro atoms. The van der Waals surface area contributed by atoms with Crippen LogP contribution in [0.3, 0.4) is 0 Å². The lowest BCUT2D eigenvalue weighted by molar-refractivity contribution is 0.0696. The molecule has 1 N–H and O–H groups in total. The first-order valence-corrected chi connectivity index (χ1v) is 11.6. The van der Waals surface area contributed by atoms with E-state index in [1.54, 1.807) is 13.0 Å². The molecule has 0 aliphatic heterocycles. The van der Waals surface area contributed by atoms with Crippen LogP contribution < -0.4 is 4.74 Å². The number of ether oxygens (including phenoxy) is 1. The molecule has 37 heavy (non-hydrogen) atoms. The molecule has 0 aliphatic rings. The number of benzene rings is 3. The monoisotopic (exact) mass is 486 g/mol. The molecule has 0 saturated heterocycles. The number of hydrogen-bond donors (Lipinski definition) is 1. The van der Waals surface area contributed by atoms with Gasteiger partial charge in [0, 0.05) is 5.56 Å². The second-order valence-corrected chi connectivity index (χ2v) is 8.41. The molecule has 0 bridgehead atoms. The molecule has 3 aromatic carbocycles. The molecule has 2 heterocycles. The van der Waals surface area contributed by atoms with E-state index in [1.165, 1.54) is 10.9 Å². The highest BCUT2D eigenvalue weighted by molar-refractivity contribution is 5.88. The first kappa shape index (κ1) is 23.5. The second-order valence-electron chi connectivity index (χ2n) is 8.41. The Hall–Kier alpha value is -5.22. The lowest BCUT2D eigenvalue weighted by Gasteiger charge is -2.13. The molecule has 5 rings (SSSR count). The maximum atomic E-state index is 11.4. The summed E-state index contributed by atoms with van der Waals surface area (Å²) in [7, 11) is 0. The van der Waals surface area contributed by atoms with Crippen LogP contribution >= 0.6 is 0 Å². The van der Waals surface area contributed by atoms with Crippen molar-refractivity contribution in [3.8, 4) is 40.0 Å². The van der Waals surface area contributed by atoms with Crippen molar-refractivity contribution in [2.24, 2.45) is 0 Å². The van der Waals surface area contributed by atoms with Gasteiger partial charge in [0.25, 0.3) is 0 Å². The second kappa shape index (κ2) is 10.2. The van der Waals surface area contributed by atoms with E-state index in [-0.39, 0.29) is 5.56 Å². The van der Waals surface area contributed by atoms with E-state index in [9.17, 15) is 9.90 Å². The van der Waals surface area contributed by atoms with Crippen LogP contribution in [0.25, 0.3) is 28.2 Å². The molecular weight excluding hydrogens is 464 g/mol. The molecule has 180 valence electrons. The molecule has 2 aromatic heterocycles. The minimum Gasteiger partial charge on any atom is -0.488 e. The fourth-order valence-electron chi connectivity index (χ4n) is 4.04. The fourth-order valence-corrected chi connectivity index (χ4v) is 4.04. The number of carboxylic acid groups (broad SMARTS) is 1. The smallest absolute Gasteiger partial charge is 0.339 e. The van der Waals surface area contributed by atoms with Gasteiger partial charge in [-0.1, -0.05) is 54.6 Å². The van der Waals surface area contributed by atoms with Crippen molar-refractivity contribution in [3.05, 3.63) is 120 Å². The number of carbonyl (C=O) groups is 1. The molecule has 5 aromatic rings. The van der Waals surface area contributed by atoms with E-state index >= 15 is 0 Å². The van der Waals surface area contributed by atoms with E-state index in [2.05, 4.69) is 11.2 Å². The average molecular weight is 487 g/mol. The number of pyridine rings is 1. The quantitative estimate of drug-likeness (QED) is 0.300. The molecule has 0 radical (unpaired) electrons. The molecule has 0 saturated carbocycles. The van der Waals surface area contributed by atoms with Gasteiger partial charge in [0.05, 0.1) is 29.2 Å². The van der Waals surface area contributed by atoms with Crippen LogP contribution in [0, 0.1) is 18.3 Å². The summed E-state index contributed by atoms with van der Waals surface area (Å²) < 4.78 is 7.70. The number of aromatic nitrogens is 3. The number of rotatable bonds is 7. The SMILES string of the molecule is Cc1c(C(=O)O)cnn1-c1cccc(-c2ccccc2OCc2ccc(-c3ccc(C#N)cc3)cc2)n1. The van der Waals surface area contributed by atoms with Gasteiger partial charge in [-0.3, -0.25) is 0 Å². The third kappa shape index (κ3) is 4.95. The van der Waals surface area contributed by atoms with Crippen molar-refractivity contribution in [3.63, 3.8) is 0 Å². The standard InChI is InChI=1S/C30H22N4O3/c1-20-26(30(35)36)18-32-34(20)29-8-4-6-27(33-29)25-5-2-3-7-28(25)37-19-22-11-15-24(16-12-22)23-13-9-21(17-31)10-14-23/h2-16,18H,19H2,1H3,(H,35,36). The van der Waals surface area contributed by atoms with Gasteiger partial charge < -0.3 is 9.84 Å². The number of carboxylic acids is 1. The highest BCUT2D eigenvalue weighted by Gasteiger charge is 2.16. The van der Waals surface area contributed by atoms with Crippen LogP contribution in [0.5, 0.6) is 5.75 Å². The number of hydrogen-bond acceptors (Lipinski definition) is 5. The Morgan fingerprint density at radius 1 is 0.946 bits per heavy atom. The largest absolute Gasteiger partial charge is 0.488 e. The molecule has 7 heteroatoms.